The fourth-order valence-corrected chi connectivity index (χ4v) is 2.42. The molecule has 2 nitrogen and oxygen atoms in total. The van der Waals surface area contributed by atoms with E-state index in [1.807, 2.05) is 17.2 Å². The molecule has 0 saturated carbocycles. The van der Waals surface area contributed by atoms with Gasteiger partial charge in [0.15, 0.2) is 0 Å². The molecule has 0 radical (unpaired) electrons. The van der Waals surface area contributed by atoms with Gasteiger partial charge in [0.1, 0.15) is 0 Å². The highest BCUT2D eigenvalue weighted by atomic mass is 16.2. The normalized spacial score (nSPS) is 20.0. The first kappa shape index (κ1) is 12.9. The number of likely N-dealkylation sites (tertiary alicyclic amines) is 1. The largest absolute Gasteiger partial charge is 0.319 e. The van der Waals surface area contributed by atoms with Gasteiger partial charge in [0.05, 0.1) is 5.92 Å². The molecule has 1 atom stereocenters. The maximum atomic E-state index is 12.3. The molecule has 1 fully saturated rings. The number of hydrogen-bond donors (Lipinski definition) is 0. The lowest BCUT2D eigenvalue weighted by Crippen LogP contribution is -2.20. The van der Waals surface area contributed by atoms with Crippen molar-refractivity contribution in [1.29, 1.82) is 0 Å². The molecule has 0 aliphatic carbocycles. The van der Waals surface area contributed by atoms with E-state index in [2.05, 4.69) is 38.1 Å². The van der Waals surface area contributed by atoms with Gasteiger partial charge in [-0.3, -0.25) is 4.79 Å². The lowest BCUT2D eigenvalue weighted by atomic mass is 9.95. The monoisotopic (exact) mass is 243 g/mol. The van der Waals surface area contributed by atoms with Crippen LogP contribution in [0.15, 0.2) is 36.5 Å². The van der Waals surface area contributed by atoms with Gasteiger partial charge < -0.3 is 4.90 Å². The second-order valence-corrected chi connectivity index (χ2v) is 4.76. The molecule has 1 aromatic carbocycles. The Hall–Kier alpha value is -1.57. The Bertz CT molecular complexity index is 450. The minimum absolute atomic E-state index is 0.0537. The predicted molar refractivity (Wildman–Crippen MR) is 74.3 cm³/mol. The van der Waals surface area contributed by atoms with Crippen molar-refractivity contribution in [2.75, 3.05) is 6.54 Å². The molecule has 0 N–H and O–H groups in total. The second-order valence-electron chi connectivity index (χ2n) is 4.76. The van der Waals surface area contributed by atoms with E-state index in [1.54, 1.807) is 0 Å². The average Bonchev–Trinajstić information content (AvgIpc) is 2.78. The van der Waals surface area contributed by atoms with Crippen molar-refractivity contribution in [2.24, 2.45) is 0 Å². The number of rotatable bonds is 4. The second kappa shape index (κ2) is 5.85. The summed E-state index contributed by atoms with van der Waals surface area (Å²) in [5, 5.41) is 0. The molecular weight excluding hydrogens is 222 g/mol. The third kappa shape index (κ3) is 2.63. The van der Waals surface area contributed by atoms with E-state index in [-0.39, 0.29) is 11.8 Å². The number of nitrogens with zero attached hydrogens (tertiary/aromatic N) is 1. The molecule has 2 rings (SSSR count). The topological polar surface area (TPSA) is 20.3 Å². The molecule has 0 bridgehead atoms. The van der Waals surface area contributed by atoms with Crippen LogP contribution in [0.2, 0.25) is 0 Å². The van der Waals surface area contributed by atoms with Crippen molar-refractivity contribution >= 4 is 5.91 Å². The first-order valence-electron chi connectivity index (χ1n) is 6.82. The van der Waals surface area contributed by atoms with Crippen LogP contribution in [0.25, 0.3) is 0 Å². The Morgan fingerprint density at radius 2 is 2.22 bits per heavy atom. The van der Waals surface area contributed by atoms with Crippen LogP contribution in [0.4, 0.5) is 0 Å². The van der Waals surface area contributed by atoms with Crippen molar-refractivity contribution in [3.05, 3.63) is 47.7 Å². The summed E-state index contributed by atoms with van der Waals surface area (Å²) in [7, 11) is 0. The number of allylic oxidation sites excluding steroid dienone is 1. The summed E-state index contributed by atoms with van der Waals surface area (Å²) in [5.41, 5.74) is 2.48. The standard InChI is InChI=1S/C16H21NO/c1-3-5-10-17-11-9-15(16(17)18)14-8-6-7-13(4-2)12-14/h5-8,10,12,15H,3-4,9,11H2,1-2H3/b10-5+. The van der Waals surface area contributed by atoms with Crippen LogP contribution in [0.3, 0.4) is 0 Å². The Balaban J connectivity index is 2.15. The summed E-state index contributed by atoms with van der Waals surface area (Å²) in [6.07, 6.45) is 6.91. The number of aryl methyl sites for hydroxylation is 1. The summed E-state index contributed by atoms with van der Waals surface area (Å²) in [5.74, 6) is 0.297. The Morgan fingerprint density at radius 1 is 1.39 bits per heavy atom. The molecule has 1 aliphatic rings. The molecular formula is C16H21NO. The van der Waals surface area contributed by atoms with Crippen LogP contribution in [0.5, 0.6) is 0 Å². The number of amides is 1. The van der Waals surface area contributed by atoms with Crippen LogP contribution in [-0.2, 0) is 11.2 Å². The van der Waals surface area contributed by atoms with Crippen molar-refractivity contribution in [3.8, 4) is 0 Å². The lowest BCUT2D eigenvalue weighted by molar-refractivity contribution is -0.126. The van der Waals surface area contributed by atoms with Crippen LogP contribution >= 0.6 is 0 Å². The highest BCUT2D eigenvalue weighted by Crippen LogP contribution is 2.29. The number of hydrogen-bond acceptors (Lipinski definition) is 1. The Kier molecular flexibility index (Phi) is 4.19. The first-order chi connectivity index (χ1) is 8.76. The summed E-state index contributed by atoms with van der Waals surface area (Å²) >= 11 is 0. The molecule has 1 aliphatic heterocycles. The zero-order chi connectivity index (χ0) is 13.0. The summed E-state index contributed by atoms with van der Waals surface area (Å²) < 4.78 is 0. The maximum Gasteiger partial charge on any atom is 0.234 e. The molecule has 1 saturated heterocycles. The predicted octanol–water partition coefficient (Wildman–Crippen LogP) is 3.49. The molecule has 1 heterocycles. The van der Waals surface area contributed by atoms with E-state index >= 15 is 0 Å². The van der Waals surface area contributed by atoms with Crippen molar-refractivity contribution in [2.45, 2.75) is 39.0 Å². The summed E-state index contributed by atoms with van der Waals surface area (Å²) in [6.45, 7) is 5.07. The third-order valence-corrected chi connectivity index (χ3v) is 3.52. The number of carbonyl (C=O) groups is 1. The fourth-order valence-electron chi connectivity index (χ4n) is 2.42. The van der Waals surface area contributed by atoms with Crippen molar-refractivity contribution in [3.63, 3.8) is 0 Å². The van der Waals surface area contributed by atoms with Crippen molar-refractivity contribution < 1.29 is 4.79 Å². The highest BCUT2D eigenvalue weighted by Gasteiger charge is 2.31. The molecule has 1 aromatic rings. The van der Waals surface area contributed by atoms with E-state index in [4.69, 9.17) is 0 Å². The smallest absolute Gasteiger partial charge is 0.234 e. The van der Waals surface area contributed by atoms with Crippen molar-refractivity contribution in [1.82, 2.24) is 4.90 Å². The molecule has 0 spiro atoms. The molecule has 1 amide bonds. The minimum Gasteiger partial charge on any atom is -0.319 e. The minimum atomic E-state index is 0.0537. The first-order valence-corrected chi connectivity index (χ1v) is 6.82. The zero-order valence-corrected chi connectivity index (χ0v) is 11.2. The number of carbonyl (C=O) groups excluding carboxylic acids is 1. The van der Waals surface area contributed by atoms with Gasteiger partial charge in [0.25, 0.3) is 0 Å². The Morgan fingerprint density at radius 3 is 2.94 bits per heavy atom. The van der Waals surface area contributed by atoms with Gasteiger partial charge in [0.2, 0.25) is 5.91 Å². The molecule has 1 unspecified atom stereocenters. The van der Waals surface area contributed by atoms with Gasteiger partial charge in [0, 0.05) is 12.7 Å². The summed E-state index contributed by atoms with van der Waals surface area (Å²) in [6, 6.07) is 8.44. The fraction of sp³-hybridized carbons (Fsp3) is 0.438. The molecule has 2 heteroatoms. The zero-order valence-electron chi connectivity index (χ0n) is 11.2. The lowest BCUT2D eigenvalue weighted by Gasteiger charge is -2.12. The SMILES string of the molecule is CC/C=C/N1CCC(c2cccc(CC)c2)C1=O. The highest BCUT2D eigenvalue weighted by molar-refractivity contribution is 5.86. The van der Waals surface area contributed by atoms with Gasteiger partial charge in [-0.2, -0.15) is 0 Å². The van der Waals surface area contributed by atoms with Gasteiger partial charge in [-0.1, -0.05) is 44.2 Å². The van der Waals surface area contributed by atoms with Gasteiger partial charge >= 0.3 is 0 Å². The van der Waals surface area contributed by atoms with Crippen LogP contribution in [-0.4, -0.2) is 17.4 Å². The van der Waals surface area contributed by atoms with Crippen LogP contribution in [0, 0.1) is 0 Å². The summed E-state index contributed by atoms with van der Waals surface area (Å²) in [4.78, 5) is 14.1. The number of benzene rings is 1. The van der Waals surface area contributed by atoms with Gasteiger partial charge in [-0.05, 0) is 30.4 Å². The average molecular weight is 243 g/mol. The van der Waals surface area contributed by atoms with E-state index in [9.17, 15) is 4.79 Å². The third-order valence-electron chi connectivity index (χ3n) is 3.52. The van der Waals surface area contributed by atoms with E-state index in [1.165, 1.54) is 11.1 Å². The van der Waals surface area contributed by atoms with Gasteiger partial charge in [-0.25, -0.2) is 0 Å². The molecule has 18 heavy (non-hydrogen) atoms. The Labute approximate surface area is 109 Å². The maximum absolute atomic E-state index is 12.3. The van der Waals surface area contributed by atoms with E-state index in [0.717, 1.165) is 25.8 Å². The van der Waals surface area contributed by atoms with Crippen LogP contribution in [0.1, 0.15) is 43.7 Å². The van der Waals surface area contributed by atoms with E-state index in [0.29, 0.717) is 0 Å². The molecule has 0 aromatic heterocycles. The molecule has 96 valence electrons. The quantitative estimate of drug-likeness (QED) is 0.792. The van der Waals surface area contributed by atoms with Gasteiger partial charge in [-0.15, -0.1) is 0 Å². The van der Waals surface area contributed by atoms with E-state index < -0.39 is 0 Å². The van der Waals surface area contributed by atoms with Crippen LogP contribution < -0.4 is 0 Å².